The van der Waals surface area contributed by atoms with Gasteiger partial charge in [-0.25, -0.2) is 9.67 Å². The molecule has 1 heterocycles. The first-order valence-corrected chi connectivity index (χ1v) is 5.87. The average molecular weight is 241 g/mol. The minimum atomic E-state index is 0.187. The van der Waals surface area contributed by atoms with Crippen molar-refractivity contribution >= 4 is 0 Å². The van der Waals surface area contributed by atoms with Crippen LogP contribution >= 0.6 is 0 Å². The fourth-order valence-corrected chi connectivity index (χ4v) is 1.71. The van der Waals surface area contributed by atoms with E-state index >= 15 is 0 Å². The Labute approximate surface area is 106 Å². The molecule has 1 aromatic heterocycles. The molecule has 0 spiro atoms. The number of hydrogen-bond donors (Lipinski definition) is 1. The summed E-state index contributed by atoms with van der Waals surface area (Å²) in [4.78, 5) is 3.92. The molecule has 1 N–H and O–H groups in total. The number of aromatic nitrogens is 3. The second kappa shape index (κ2) is 5.43. The first kappa shape index (κ1) is 12.3. The second-order valence-electron chi connectivity index (χ2n) is 4.03. The molecule has 2 aromatic rings. The molecule has 18 heavy (non-hydrogen) atoms. The van der Waals surface area contributed by atoms with E-state index in [1.807, 2.05) is 13.0 Å². The molecule has 0 atom stereocenters. The molecule has 5 heteroatoms. The highest BCUT2D eigenvalue weighted by Crippen LogP contribution is 2.15. The lowest BCUT2D eigenvalue weighted by molar-refractivity contribution is 0.725. The summed E-state index contributed by atoms with van der Waals surface area (Å²) >= 11 is 0. The lowest BCUT2D eigenvalue weighted by Gasteiger charge is -2.08. The van der Waals surface area contributed by atoms with Crippen LogP contribution in [0.25, 0.3) is 5.69 Å². The summed E-state index contributed by atoms with van der Waals surface area (Å²) < 4.78 is 1.64. The number of nitriles is 1. The third-order valence-corrected chi connectivity index (χ3v) is 2.69. The van der Waals surface area contributed by atoms with Gasteiger partial charge in [0.1, 0.15) is 12.4 Å². The van der Waals surface area contributed by atoms with Gasteiger partial charge in [-0.15, -0.1) is 5.10 Å². The molecule has 2 rings (SSSR count). The van der Waals surface area contributed by atoms with Crippen molar-refractivity contribution in [1.82, 2.24) is 20.1 Å². The molecule has 0 saturated heterocycles. The molecular weight excluding hydrogens is 226 g/mol. The summed E-state index contributed by atoms with van der Waals surface area (Å²) in [6, 6.07) is 8.13. The Kier molecular flexibility index (Phi) is 3.70. The normalized spacial score (nSPS) is 10.3. The number of nitrogens with one attached hydrogen (secondary N) is 1. The van der Waals surface area contributed by atoms with Gasteiger partial charge in [-0.3, -0.25) is 0 Å². The van der Waals surface area contributed by atoms with Gasteiger partial charge in [0.2, 0.25) is 0 Å². The molecule has 5 nitrogen and oxygen atoms in total. The van der Waals surface area contributed by atoms with E-state index in [4.69, 9.17) is 5.26 Å². The van der Waals surface area contributed by atoms with E-state index in [0.29, 0.717) is 0 Å². The Hall–Kier alpha value is -2.19. The Morgan fingerprint density at radius 3 is 2.94 bits per heavy atom. The van der Waals surface area contributed by atoms with Crippen LogP contribution < -0.4 is 5.32 Å². The molecule has 0 unspecified atom stereocenters. The maximum Gasteiger partial charge on any atom is 0.252 e. The van der Waals surface area contributed by atoms with Crippen molar-refractivity contribution in [2.24, 2.45) is 0 Å². The molecular formula is C13H15N5. The summed E-state index contributed by atoms with van der Waals surface area (Å²) in [6.45, 7) is 5.85. The Morgan fingerprint density at radius 2 is 2.28 bits per heavy atom. The maximum absolute atomic E-state index is 8.74. The third-order valence-electron chi connectivity index (χ3n) is 2.69. The SMILES string of the molecule is CCNCc1ccc(C)c(-n2cnc(C#N)n2)c1. The van der Waals surface area contributed by atoms with Crippen LogP contribution in [0, 0.1) is 18.3 Å². The summed E-state index contributed by atoms with van der Waals surface area (Å²) in [7, 11) is 0. The van der Waals surface area contributed by atoms with Gasteiger partial charge in [0.25, 0.3) is 5.82 Å². The van der Waals surface area contributed by atoms with Gasteiger partial charge in [0.15, 0.2) is 0 Å². The zero-order valence-corrected chi connectivity index (χ0v) is 10.5. The second-order valence-corrected chi connectivity index (χ2v) is 4.03. The number of rotatable bonds is 4. The number of nitrogens with zero attached hydrogens (tertiary/aromatic N) is 4. The summed E-state index contributed by atoms with van der Waals surface area (Å²) in [5.74, 6) is 0.187. The molecule has 0 aliphatic carbocycles. The molecule has 0 aliphatic heterocycles. The van der Waals surface area contributed by atoms with Gasteiger partial charge in [0, 0.05) is 6.54 Å². The number of benzene rings is 1. The summed E-state index contributed by atoms with van der Waals surface area (Å²) in [6.07, 6.45) is 1.57. The van der Waals surface area contributed by atoms with Crippen molar-refractivity contribution in [3.8, 4) is 11.8 Å². The quantitative estimate of drug-likeness (QED) is 0.882. The standard InChI is InChI=1S/C13H15N5/c1-3-15-8-11-5-4-10(2)12(6-11)18-9-16-13(7-14)17-18/h4-6,9,15H,3,8H2,1-2H3. The zero-order valence-electron chi connectivity index (χ0n) is 10.5. The average Bonchev–Trinajstić information content (AvgIpc) is 2.86. The topological polar surface area (TPSA) is 66.5 Å². The van der Waals surface area contributed by atoms with Crippen LogP contribution in [0.15, 0.2) is 24.5 Å². The molecule has 0 bridgehead atoms. The predicted molar refractivity (Wildman–Crippen MR) is 68.2 cm³/mol. The van der Waals surface area contributed by atoms with Crippen LogP contribution in [-0.4, -0.2) is 21.3 Å². The third kappa shape index (κ3) is 2.55. The molecule has 0 fully saturated rings. The van der Waals surface area contributed by atoms with Crippen molar-refractivity contribution in [2.75, 3.05) is 6.54 Å². The van der Waals surface area contributed by atoms with E-state index in [1.165, 1.54) is 5.56 Å². The van der Waals surface area contributed by atoms with Crippen LogP contribution in [0.3, 0.4) is 0 Å². The highest BCUT2D eigenvalue weighted by atomic mass is 15.3. The van der Waals surface area contributed by atoms with Crippen molar-refractivity contribution in [3.63, 3.8) is 0 Å². The van der Waals surface area contributed by atoms with E-state index in [2.05, 4.69) is 40.5 Å². The largest absolute Gasteiger partial charge is 0.313 e. The number of aryl methyl sites for hydroxylation is 1. The Bertz CT molecular complexity index is 579. The minimum Gasteiger partial charge on any atom is -0.313 e. The Morgan fingerprint density at radius 1 is 1.44 bits per heavy atom. The van der Waals surface area contributed by atoms with Crippen LogP contribution in [-0.2, 0) is 6.54 Å². The first-order valence-electron chi connectivity index (χ1n) is 5.87. The van der Waals surface area contributed by atoms with Crippen molar-refractivity contribution in [2.45, 2.75) is 20.4 Å². The van der Waals surface area contributed by atoms with Crippen LogP contribution in [0.1, 0.15) is 23.9 Å². The fraction of sp³-hybridized carbons (Fsp3) is 0.308. The van der Waals surface area contributed by atoms with Crippen LogP contribution in [0.2, 0.25) is 0 Å². The summed E-state index contributed by atoms with van der Waals surface area (Å²) in [5, 5.41) is 16.1. The number of hydrogen-bond acceptors (Lipinski definition) is 4. The Balaban J connectivity index is 2.34. The highest BCUT2D eigenvalue weighted by molar-refractivity contribution is 5.42. The zero-order chi connectivity index (χ0) is 13.0. The van der Waals surface area contributed by atoms with Gasteiger partial charge >= 0.3 is 0 Å². The maximum atomic E-state index is 8.74. The monoisotopic (exact) mass is 241 g/mol. The van der Waals surface area contributed by atoms with Crippen molar-refractivity contribution < 1.29 is 0 Å². The first-order chi connectivity index (χ1) is 8.74. The molecule has 0 saturated carbocycles. The minimum absolute atomic E-state index is 0.187. The van der Waals surface area contributed by atoms with Crippen molar-refractivity contribution in [3.05, 3.63) is 41.5 Å². The van der Waals surface area contributed by atoms with Gasteiger partial charge in [0.05, 0.1) is 5.69 Å². The fourth-order valence-electron chi connectivity index (χ4n) is 1.71. The molecule has 0 radical (unpaired) electrons. The molecule has 1 aromatic carbocycles. The van der Waals surface area contributed by atoms with Gasteiger partial charge in [-0.05, 0) is 30.7 Å². The van der Waals surface area contributed by atoms with Crippen molar-refractivity contribution in [1.29, 1.82) is 5.26 Å². The van der Waals surface area contributed by atoms with E-state index < -0.39 is 0 Å². The highest BCUT2D eigenvalue weighted by Gasteiger charge is 2.06. The lowest BCUT2D eigenvalue weighted by Crippen LogP contribution is -2.12. The predicted octanol–water partition coefficient (Wildman–Crippen LogP) is 1.56. The van der Waals surface area contributed by atoms with E-state index in [0.717, 1.165) is 24.3 Å². The smallest absolute Gasteiger partial charge is 0.252 e. The van der Waals surface area contributed by atoms with Crippen LogP contribution in [0.4, 0.5) is 0 Å². The lowest BCUT2D eigenvalue weighted by atomic mass is 10.1. The van der Waals surface area contributed by atoms with Gasteiger partial charge in [-0.2, -0.15) is 5.26 Å². The van der Waals surface area contributed by atoms with Gasteiger partial charge in [-0.1, -0.05) is 19.1 Å². The van der Waals surface area contributed by atoms with Gasteiger partial charge < -0.3 is 5.32 Å². The summed E-state index contributed by atoms with van der Waals surface area (Å²) in [5.41, 5.74) is 3.25. The molecule has 0 aliphatic rings. The molecule has 92 valence electrons. The van der Waals surface area contributed by atoms with E-state index in [-0.39, 0.29) is 5.82 Å². The van der Waals surface area contributed by atoms with E-state index in [9.17, 15) is 0 Å². The molecule has 0 amide bonds. The van der Waals surface area contributed by atoms with E-state index in [1.54, 1.807) is 11.0 Å². The van der Waals surface area contributed by atoms with Crippen LogP contribution in [0.5, 0.6) is 0 Å².